The van der Waals surface area contributed by atoms with Crippen molar-refractivity contribution >= 4 is 39.2 Å². The zero-order valence-electron chi connectivity index (χ0n) is 18.5. The van der Waals surface area contributed by atoms with Crippen molar-refractivity contribution in [1.82, 2.24) is 9.97 Å². The molecule has 6 heteroatoms. The van der Waals surface area contributed by atoms with Crippen molar-refractivity contribution in [2.24, 2.45) is 0 Å². The van der Waals surface area contributed by atoms with Gasteiger partial charge in [0.15, 0.2) is 0 Å². The summed E-state index contributed by atoms with van der Waals surface area (Å²) in [4.78, 5) is 8.78. The monoisotopic (exact) mass is 473 g/mol. The van der Waals surface area contributed by atoms with E-state index in [1.165, 1.54) is 5.56 Å². The number of halogens is 1. The van der Waals surface area contributed by atoms with Gasteiger partial charge >= 0.3 is 0 Å². The molecule has 174 valence electrons. The number of ether oxygens (including phenoxy) is 2. The van der Waals surface area contributed by atoms with Gasteiger partial charge in [0.1, 0.15) is 22.5 Å². The van der Waals surface area contributed by atoms with Crippen molar-refractivity contribution in [1.29, 1.82) is 0 Å². The SMILES string of the molecule is C.COc1ccc2ccc(Cl)nc2c1.COc1ccc2ccc(NCc3ccccc3)nc2c1. The first-order valence-corrected chi connectivity index (χ1v) is 10.9. The fourth-order valence-corrected chi connectivity index (χ4v) is 3.46. The highest BCUT2D eigenvalue weighted by Gasteiger charge is 2.01. The molecule has 0 atom stereocenters. The standard InChI is InChI=1S/C17H16N2O.C10H8ClNO.CH4/c1-20-15-9-7-14-8-10-17(19-16(14)11-15)18-12-13-5-3-2-4-6-13;1-13-8-4-2-7-3-5-10(11)12-9(7)6-8;/h2-11H,12H2,1H3,(H,18,19);2-6H,1H3;1H4. The maximum atomic E-state index is 5.76. The van der Waals surface area contributed by atoms with Gasteiger partial charge in [0.25, 0.3) is 0 Å². The van der Waals surface area contributed by atoms with E-state index in [-0.39, 0.29) is 7.43 Å². The Morgan fingerprint density at radius 2 is 1.26 bits per heavy atom. The highest BCUT2D eigenvalue weighted by Crippen LogP contribution is 2.22. The van der Waals surface area contributed by atoms with E-state index in [1.807, 2.05) is 66.7 Å². The summed E-state index contributed by atoms with van der Waals surface area (Å²) in [5, 5.41) is 6.01. The lowest BCUT2D eigenvalue weighted by molar-refractivity contribution is 0.415. The van der Waals surface area contributed by atoms with Gasteiger partial charge in [-0.3, -0.25) is 0 Å². The van der Waals surface area contributed by atoms with E-state index in [4.69, 9.17) is 21.1 Å². The molecule has 0 fully saturated rings. The van der Waals surface area contributed by atoms with Crippen LogP contribution < -0.4 is 14.8 Å². The summed E-state index contributed by atoms with van der Waals surface area (Å²) < 4.78 is 10.3. The number of rotatable bonds is 5. The van der Waals surface area contributed by atoms with Crippen LogP contribution in [-0.4, -0.2) is 24.2 Å². The van der Waals surface area contributed by atoms with Gasteiger partial charge in [-0.25, -0.2) is 9.97 Å². The second-order valence-electron chi connectivity index (χ2n) is 7.29. The van der Waals surface area contributed by atoms with E-state index >= 15 is 0 Å². The number of hydrogen-bond donors (Lipinski definition) is 1. The molecule has 5 nitrogen and oxygen atoms in total. The Morgan fingerprint density at radius 3 is 1.88 bits per heavy atom. The Balaban J connectivity index is 0.000000201. The molecule has 0 bridgehead atoms. The number of nitrogens with one attached hydrogen (secondary N) is 1. The highest BCUT2D eigenvalue weighted by atomic mass is 35.5. The molecule has 0 unspecified atom stereocenters. The maximum Gasteiger partial charge on any atom is 0.129 e. The number of methoxy groups -OCH3 is 2. The Labute approximate surface area is 205 Å². The van der Waals surface area contributed by atoms with Crippen LogP contribution in [0.15, 0.2) is 91.0 Å². The van der Waals surface area contributed by atoms with Crippen LogP contribution in [0.5, 0.6) is 11.5 Å². The number of benzene rings is 3. The Morgan fingerprint density at radius 1 is 0.706 bits per heavy atom. The Hall–Kier alpha value is -3.83. The van der Waals surface area contributed by atoms with Crippen LogP contribution in [0, 0.1) is 0 Å². The average molecular weight is 474 g/mol. The van der Waals surface area contributed by atoms with Crippen LogP contribution in [0.3, 0.4) is 0 Å². The molecule has 0 aliphatic carbocycles. The Kier molecular flexibility index (Phi) is 8.66. The zero-order valence-corrected chi connectivity index (χ0v) is 19.2. The number of anilines is 1. The van der Waals surface area contributed by atoms with Crippen LogP contribution >= 0.6 is 11.6 Å². The molecule has 3 aromatic carbocycles. The van der Waals surface area contributed by atoms with Gasteiger partial charge < -0.3 is 14.8 Å². The summed E-state index contributed by atoms with van der Waals surface area (Å²) in [5.41, 5.74) is 3.02. The quantitative estimate of drug-likeness (QED) is 0.270. The number of aromatic nitrogens is 2. The van der Waals surface area contributed by atoms with Crippen molar-refractivity contribution in [3.8, 4) is 11.5 Å². The second-order valence-corrected chi connectivity index (χ2v) is 7.67. The fourth-order valence-electron chi connectivity index (χ4n) is 3.31. The molecule has 0 saturated carbocycles. The molecule has 5 aromatic rings. The van der Waals surface area contributed by atoms with Crippen LogP contribution in [0.25, 0.3) is 21.8 Å². The van der Waals surface area contributed by atoms with Crippen molar-refractivity contribution in [2.45, 2.75) is 14.0 Å². The van der Waals surface area contributed by atoms with E-state index in [0.717, 1.165) is 45.7 Å². The summed E-state index contributed by atoms with van der Waals surface area (Å²) >= 11 is 5.76. The molecule has 0 spiro atoms. The normalized spacial score (nSPS) is 10.1. The summed E-state index contributed by atoms with van der Waals surface area (Å²) in [5.74, 6) is 2.49. The van der Waals surface area contributed by atoms with E-state index in [9.17, 15) is 0 Å². The molecule has 34 heavy (non-hydrogen) atoms. The lowest BCUT2D eigenvalue weighted by Crippen LogP contribution is -2.01. The Bertz CT molecular complexity index is 1360. The van der Waals surface area contributed by atoms with Crippen LogP contribution in [0.2, 0.25) is 5.15 Å². The van der Waals surface area contributed by atoms with Crippen molar-refractivity contribution < 1.29 is 9.47 Å². The third-order valence-corrected chi connectivity index (χ3v) is 5.29. The first kappa shape index (κ1) is 24.8. The number of fused-ring (bicyclic) bond motifs is 2. The first-order chi connectivity index (χ1) is 16.1. The molecule has 0 aliphatic rings. The van der Waals surface area contributed by atoms with Crippen LogP contribution in [0.4, 0.5) is 5.82 Å². The van der Waals surface area contributed by atoms with Crippen molar-refractivity contribution in [2.75, 3.05) is 19.5 Å². The molecule has 2 aromatic heterocycles. The number of hydrogen-bond acceptors (Lipinski definition) is 5. The molecule has 0 aliphatic heterocycles. The third-order valence-electron chi connectivity index (χ3n) is 5.08. The second kappa shape index (κ2) is 11.9. The van der Waals surface area contributed by atoms with Gasteiger partial charge in [0.2, 0.25) is 0 Å². The van der Waals surface area contributed by atoms with Crippen molar-refractivity contribution in [3.05, 3.63) is 102 Å². The van der Waals surface area contributed by atoms with Crippen molar-refractivity contribution in [3.63, 3.8) is 0 Å². The van der Waals surface area contributed by atoms with Crippen LogP contribution in [0.1, 0.15) is 13.0 Å². The van der Waals surface area contributed by atoms with Gasteiger partial charge in [-0.2, -0.15) is 0 Å². The summed E-state index contributed by atoms with van der Waals surface area (Å²) in [6.45, 7) is 0.767. The average Bonchev–Trinajstić information content (AvgIpc) is 2.87. The summed E-state index contributed by atoms with van der Waals surface area (Å²) in [7, 11) is 3.30. The molecular weight excluding hydrogens is 446 g/mol. The molecule has 5 rings (SSSR count). The fraction of sp³-hybridized carbons (Fsp3) is 0.143. The zero-order chi connectivity index (χ0) is 23.0. The van der Waals surface area contributed by atoms with E-state index in [2.05, 4.69) is 33.5 Å². The lowest BCUT2D eigenvalue weighted by Gasteiger charge is -2.07. The minimum Gasteiger partial charge on any atom is -0.497 e. The van der Waals surface area contributed by atoms with E-state index in [1.54, 1.807) is 20.3 Å². The predicted octanol–water partition coefficient (Wildman–Crippen LogP) is 7.39. The lowest BCUT2D eigenvalue weighted by atomic mass is 10.2. The van der Waals surface area contributed by atoms with Gasteiger partial charge in [0, 0.05) is 29.4 Å². The minimum atomic E-state index is 0. The van der Waals surface area contributed by atoms with Crippen LogP contribution in [-0.2, 0) is 6.54 Å². The summed E-state index contributed by atoms with van der Waals surface area (Å²) in [6.07, 6.45) is 0. The predicted molar refractivity (Wildman–Crippen MR) is 142 cm³/mol. The largest absolute Gasteiger partial charge is 0.497 e. The summed E-state index contributed by atoms with van der Waals surface area (Å²) in [6, 6.07) is 29.7. The van der Waals surface area contributed by atoms with E-state index < -0.39 is 0 Å². The third kappa shape index (κ3) is 6.36. The number of pyridine rings is 2. The van der Waals surface area contributed by atoms with Gasteiger partial charge in [0.05, 0.1) is 25.3 Å². The minimum absolute atomic E-state index is 0. The molecule has 0 radical (unpaired) electrons. The maximum absolute atomic E-state index is 5.76. The van der Waals surface area contributed by atoms with E-state index in [0.29, 0.717) is 5.15 Å². The molecule has 1 N–H and O–H groups in total. The first-order valence-electron chi connectivity index (χ1n) is 10.5. The van der Waals surface area contributed by atoms with Gasteiger partial charge in [-0.15, -0.1) is 0 Å². The highest BCUT2D eigenvalue weighted by molar-refractivity contribution is 6.29. The molecule has 0 saturated heterocycles. The topological polar surface area (TPSA) is 56.3 Å². The molecular formula is C28H28ClN3O2. The molecule has 0 amide bonds. The number of nitrogens with zero attached hydrogens (tertiary/aromatic N) is 2. The van der Waals surface area contributed by atoms with Gasteiger partial charge in [-0.05, 0) is 54.1 Å². The smallest absolute Gasteiger partial charge is 0.129 e. The molecule has 2 heterocycles. The van der Waals surface area contributed by atoms with Gasteiger partial charge in [-0.1, -0.05) is 49.4 Å².